The van der Waals surface area contributed by atoms with Gasteiger partial charge in [0.05, 0.1) is 17.6 Å². The highest BCUT2D eigenvalue weighted by Crippen LogP contribution is 2.32. The first-order chi connectivity index (χ1) is 18.8. The second kappa shape index (κ2) is 10.7. The second-order valence-corrected chi connectivity index (χ2v) is 11.3. The molecule has 3 N–H and O–H groups in total. The molecule has 1 aliphatic heterocycles. The van der Waals surface area contributed by atoms with Gasteiger partial charge in [-0.15, -0.1) is 0 Å². The van der Waals surface area contributed by atoms with E-state index in [1.165, 1.54) is 35.5 Å². The fourth-order valence-electron chi connectivity index (χ4n) is 4.65. The van der Waals surface area contributed by atoms with E-state index in [1.54, 1.807) is 23.1 Å². The molecule has 0 spiro atoms. The molecule has 39 heavy (non-hydrogen) atoms. The molecule has 2 amide bonds. The number of aromatic hydroxyl groups is 1. The number of rotatable bonds is 7. The van der Waals surface area contributed by atoms with E-state index < -0.39 is 15.9 Å². The lowest BCUT2D eigenvalue weighted by atomic mass is 9.89. The number of phenols is 1. The lowest BCUT2D eigenvalue weighted by molar-refractivity contribution is 0.0713. The van der Waals surface area contributed by atoms with Gasteiger partial charge in [0.15, 0.2) is 5.65 Å². The molecule has 11 nitrogen and oxygen atoms in total. The Hall–Kier alpha value is -4.45. The number of fused-ring (bicyclic) bond motifs is 1. The van der Waals surface area contributed by atoms with Crippen molar-refractivity contribution in [2.45, 2.75) is 25.7 Å². The molecule has 0 radical (unpaired) electrons. The van der Waals surface area contributed by atoms with E-state index in [9.17, 15) is 23.1 Å². The minimum atomic E-state index is -3.81. The summed E-state index contributed by atoms with van der Waals surface area (Å²) in [5, 5.41) is 17.7. The number of anilines is 2. The summed E-state index contributed by atoms with van der Waals surface area (Å²) in [6.45, 7) is 2.51. The van der Waals surface area contributed by atoms with Crippen molar-refractivity contribution in [3.05, 3.63) is 83.7 Å². The highest BCUT2D eigenvalue weighted by molar-refractivity contribution is 7.90. The first-order valence-corrected chi connectivity index (χ1v) is 14.2. The molecule has 2 aromatic carbocycles. The van der Waals surface area contributed by atoms with Gasteiger partial charge in [-0.25, -0.2) is 18.1 Å². The number of likely N-dealkylation sites (tertiary alicyclic amines) is 1. The third-order valence-electron chi connectivity index (χ3n) is 6.84. The lowest BCUT2D eigenvalue weighted by Gasteiger charge is -2.32. The highest BCUT2D eigenvalue weighted by Gasteiger charge is 2.29. The predicted octanol–water partition coefficient (Wildman–Crippen LogP) is 3.28. The molecule has 1 saturated heterocycles. The van der Waals surface area contributed by atoms with Gasteiger partial charge in [-0.3, -0.25) is 9.59 Å². The number of hydrogen-bond donors (Lipinski definition) is 3. The van der Waals surface area contributed by atoms with Crippen LogP contribution in [0.3, 0.4) is 0 Å². The standard InChI is InChI=1S/C27H28N6O5S/c1-2-39(37,38)31-26(35)20-17-29-33-24(20)28-16-21(25(33)30-22-10-6-7-11-23(22)34)27(36)32-14-12-19(13-15-32)18-8-4-3-5-9-18/h3-11,16-17,19,30,34H,2,12-15H2,1H3,(H,31,35). The quantitative estimate of drug-likeness (QED) is 0.298. The number of piperidine rings is 1. The van der Waals surface area contributed by atoms with Gasteiger partial charge < -0.3 is 15.3 Å². The Morgan fingerprint density at radius 2 is 1.69 bits per heavy atom. The van der Waals surface area contributed by atoms with Crippen molar-refractivity contribution in [1.82, 2.24) is 24.2 Å². The first kappa shape index (κ1) is 26.2. The van der Waals surface area contributed by atoms with E-state index in [0.29, 0.717) is 24.7 Å². The van der Waals surface area contributed by atoms with Crippen LogP contribution in [0.4, 0.5) is 11.5 Å². The molecule has 5 rings (SSSR count). The van der Waals surface area contributed by atoms with Crippen LogP contribution >= 0.6 is 0 Å². The van der Waals surface area contributed by atoms with Crippen LogP contribution < -0.4 is 10.0 Å². The smallest absolute Gasteiger partial charge is 0.270 e. The molecule has 0 unspecified atom stereocenters. The SMILES string of the molecule is CCS(=O)(=O)NC(=O)c1cnn2c(Nc3ccccc3O)c(C(=O)N3CCC(c4ccccc4)CC3)cnc12. The third kappa shape index (κ3) is 5.41. The summed E-state index contributed by atoms with van der Waals surface area (Å²) < 4.78 is 27.2. The van der Waals surface area contributed by atoms with Gasteiger partial charge >= 0.3 is 0 Å². The largest absolute Gasteiger partial charge is 0.506 e. The maximum Gasteiger partial charge on any atom is 0.270 e. The summed E-state index contributed by atoms with van der Waals surface area (Å²) in [5.41, 5.74) is 1.74. The van der Waals surface area contributed by atoms with Crippen LogP contribution in [0.15, 0.2) is 67.0 Å². The summed E-state index contributed by atoms with van der Waals surface area (Å²) in [4.78, 5) is 32.5. The fraction of sp³-hybridized carbons (Fsp3) is 0.259. The molecule has 4 aromatic rings. The van der Waals surface area contributed by atoms with Gasteiger partial charge in [-0.05, 0) is 43.4 Å². The Bertz CT molecular complexity index is 1630. The Balaban J connectivity index is 1.49. The van der Waals surface area contributed by atoms with Crippen molar-refractivity contribution >= 4 is 39.0 Å². The topological polar surface area (TPSA) is 146 Å². The average Bonchev–Trinajstić information content (AvgIpc) is 3.39. The van der Waals surface area contributed by atoms with Crippen molar-refractivity contribution in [2.75, 3.05) is 24.2 Å². The Kier molecular flexibility index (Phi) is 7.20. The number of nitrogens with one attached hydrogen (secondary N) is 2. The minimum absolute atomic E-state index is 0.0519. The van der Waals surface area contributed by atoms with Crippen LogP contribution in [0.25, 0.3) is 5.65 Å². The maximum atomic E-state index is 13.7. The number of carbonyl (C=O) groups excluding carboxylic acids is 2. The molecular formula is C27H28N6O5S. The average molecular weight is 549 g/mol. The lowest BCUT2D eigenvalue weighted by Crippen LogP contribution is -2.38. The van der Waals surface area contributed by atoms with E-state index >= 15 is 0 Å². The van der Waals surface area contributed by atoms with Gasteiger partial charge in [-0.2, -0.15) is 9.61 Å². The molecule has 0 atom stereocenters. The van der Waals surface area contributed by atoms with Crippen LogP contribution in [-0.4, -0.2) is 63.7 Å². The van der Waals surface area contributed by atoms with Crippen LogP contribution in [0.2, 0.25) is 0 Å². The van der Waals surface area contributed by atoms with E-state index in [0.717, 1.165) is 12.8 Å². The zero-order valence-corrected chi connectivity index (χ0v) is 22.1. The monoisotopic (exact) mass is 548 g/mol. The predicted molar refractivity (Wildman–Crippen MR) is 146 cm³/mol. The molecule has 3 heterocycles. The van der Waals surface area contributed by atoms with Gasteiger partial charge in [-0.1, -0.05) is 42.5 Å². The van der Waals surface area contributed by atoms with Crippen LogP contribution in [-0.2, 0) is 10.0 Å². The first-order valence-electron chi connectivity index (χ1n) is 12.6. The Labute approximate surface area is 225 Å². The fourth-order valence-corrected chi connectivity index (χ4v) is 5.19. The number of carbonyl (C=O) groups is 2. The molecule has 0 aliphatic carbocycles. The zero-order chi connectivity index (χ0) is 27.6. The summed E-state index contributed by atoms with van der Waals surface area (Å²) in [6, 6.07) is 16.7. The van der Waals surface area contributed by atoms with Crippen molar-refractivity contribution in [3.63, 3.8) is 0 Å². The normalized spacial score (nSPS) is 14.3. The molecule has 0 saturated carbocycles. The molecular weight excluding hydrogens is 520 g/mol. The van der Waals surface area contributed by atoms with Gasteiger partial charge in [0, 0.05) is 19.3 Å². The van der Waals surface area contributed by atoms with E-state index in [4.69, 9.17) is 0 Å². The Morgan fingerprint density at radius 1 is 1.00 bits per heavy atom. The number of amides is 2. The molecule has 0 bridgehead atoms. The van der Waals surface area contributed by atoms with Crippen molar-refractivity contribution < 1.29 is 23.1 Å². The van der Waals surface area contributed by atoms with E-state index in [2.05, 4.69) is 27.5 Å². The highest BCUT2D eigenvalue weighted by atomic mass is 32.2. The zero-order valence-electron chi connectivity index (χ0n) is 21.2. The third-order valence-corrected chi connectivity index (χ3v) is 8.10. The van der Waals surface area contributed by atoms with Crippen LogP contribution in [0.1, 0.15) is 52.0 Å². The molecule has 2 aromatic heterocycles. The summed E-state index contributed by atoms with van der Waals surface area (Å²) in [5.74, 6) is -0.927. The molecule has 202 valence electrons. The number of hydrogen-bond acceptors (Lipinski definition) is 8. The number of nitrogens with zero attached hydrogens (tertiary/aromatic N) is 4. The number of benzene rings is 2. The van der Waals surface area contributed by atoms with Crippen LogP contribution in [0, 0.1) is 0 Å². The van der Waals surface area contributed by atoms with E-state index in [-0.39, 0.29) is 40.0 Å². The summed E-state index contributed by atoms with van der Waals surface area (Å²) in [6.07, 6.45) is 4.16. The summed E-state index contributed by atoms with van der Waals surface area (Å²) >= 11 is 0. The molecule has 1 aliphatic rings. The second-order valence-electron chi connectivity index (χ2n) is 9.27. The van der Waals surface area contributed by atoms with Gasteiger partial charge in [0.25, 0.3) is 11.8 Å². The minimum Gasteiger partial charge on any atom is -0.506 e. The van der Waals surface area contributed by atoms with Crippen molar-refractivity contribution in [3.8, 4) is 5.75 Å². The number of phenolic OH excluding ortho intramolecular Hbond substituents is 1. The van der Waals surface area contributed by atoms with Crippen LogP contribution in [0.5, 0.6) is 5.75 Å². The maximum absolute atomic E-state index is 13.7. The Morgan fingerprint density at radius 3 is 2.38 bits per heavy atom. The number of sulfonamides is 1. The molecule has 12 heteroatoms. The summed E-state index contributed by atoms with van der Waals surface area (Å²) in [7, 11) is -3.81. The number of aromatic nitrogens is 3. The van der Waals surface area contributed by atoms with Crippen molar-refractivity contribution in [2.24, 2.45) is 0 Å². The van der Waals surface area contributed by atoms with E-state index in [1.807, 2.05) is 22.9 Å². The van der Waals surface area contributed by atoms with Gasteiger partial charge in [0.1, 0.15) is 22.7 Å². The molecule has 1 fully saturated rings. The number of para-hydroxylation sites is 2. The van der Waals surface area contributed by atoms with Crippen molar-refractivity contribution in [1.29, 1.82) is 0 Å². The van der Waals surface area contributed by atoms with Gasteiger partial charge in [0.2, 0.25) is 10.0 Å².